The molecule has 0 atom stereocenters. The van der Waals surface area contributed by atoms with Gasteiger partial charge in [0.1, 0.15) is 7.93 Å². The van der Waals surface area contributed by atoms with Gasteiger partial charge in [0.2, 0.25) is 11.9 Å². The van der Waals surface area contributed by atoms with Crippen molar-refractivity contribution < 1.29 is 58.4 Å². The predicted octanol–water partition coefficient (Wildman–Crippen LogP) is 2.13. The lowest BCUT2D eigenvalue weighted by Crippen LogP contribution is -2.35. The topological polar surface area (TPSA) is 167 Å². The van der Waals surface area contributed by atoms with Gasteiger partial charge in [-0.1, -0.05) is 0 Å². The average Bonchev–Trinajstić information content (AvgIpc) is 2.79. The molecule has 164 valence electrons. The second-order valence-corrected chi connectivity index (χ2v) is 6.52. The summed E-state index contributed by atoms with van der Waals surface area (Å²) in [7, 11) is -4.52. The highest BCUT2D eigenvalue weighted by Gasteiger charge is 2.24. The highest BCUT2D eigenvalue weighted by atomic mass is 32.2. The first-order chi connectivity index (χ1) is 21.3. The van der Waals surface area contributed by atoms with Crippen molar-refractivity contribution in [2.75, 3.05) is 6.26 Å². The van der Waals surface area contributed by atoms with Crippen molar-refractivity contribution in [1.29, 1.82) is 0 Å². The van der Waals surface area contributed by atoms with Gasteiger partial charge >= 0.3 is 0 Å². The molecule has 13 heteroatoms. The molecule has 2 aromatic rings. The van der Waals surface area contributed by atoms with Gasteiger partial charge in [-0.3, -0.25) is 34.6 Å². The minimum atomic E-state index is -4.52. The molecule has 0 aromatic carbocycles. The van der Waals surface area contributed by atoms with Gasteiger partial charge in [-0.15, -0.1) is 0 Å². The van der Waals surface area contributed by atoms with Crippen LogP contribution < -0.4 is 4.73 Å². The first-order valence-electron chi connectivity index (χ1n) is 16.4. The Morgan fingerprint density at radius 3 is 2.23 bits per heavy atom. The molecule has 12 nitrogen and oxygen atoms in total. The number of nitro groups is 2. The number of nitrogens with zero attached hydrogens (tertiary/aromatic N) is 4. The number of aromatic nitrogens is 2. The Morgan fingerprint density at radius 2 is 1.77 bits per heavy atom. The van der Waals surface area contributed by atoms with Gasteiger partial charge in [-0.05, 0) is 27.4 Å². The lowest BCUT2D eigenvalue weighted by atomic mass is 10.1. The Kier molecular flexibility index (Phi) is 2.71. The molecule has 0 fully saturated rings. The summed E-state index contributed by atoms with van der Waals surface area (Å²) >= 11 is 0. The van der Waals surface area contributed by atoms with Crippen molar-refractivity contribution >= 4 is 21.5 Å². The number of hydrogen-bond acceptors (Lipinski definition) is 9. The molecule has 0 amide bonds. The first kappa shape index (κ1) is 8.51. The summed E-state index contributed by atoms with van der Waals surface area (Å²) in [6, 6.07) is 0. The molecule has 2 rings (SSSR count). The second-order valence-electron chi connectivity index (χ2n) is 4.95. The predicted molar refractivity (Wildman–Crippen MR) is 105 cm³/mol. The van der Waals surface area contributed by atoms with Crippen molar-refractivity contribution in [2.24, 2.45) is 0 Å². The van der Waals surface area contributed by atoms with Gasteiger partial charge in [0.25, 0.3) is 21.5 Å². The van der Waals surface area contributed by atoms with Crippen LogP contribution in [0, 0.1) is 54.5 Å². The third kappa shape index (κ3) is 6.15. The van der Waals surface area contributed by atoms with E-state index in [1.807, 2.05) is 0 Å². The van der Waals surface area contributed by atoms with Crippen LogP contribution in [0.2, 0.25) is 0 Å². The van der Waals surface area contributed by atoms with E-state index in [1.54, 1.807) is 0 Å². The van der Waals surface area contributed by atoms with Crippen molar-refractivity contribution in [2.45, 2.75) is 40.8 Å². The molecule has 0 aliphatic heterocycles. The van der Waals surface area contributed by atoms with E-state index >= 15 is 0 Å². The Bertz CT molecular complexity index is 1760. The van der Waals surface area contributed by atoms with Gasteiger partial charge < -0.3 is 0 Å². The molecule has 0 unspecified atom stereocenters. The molecule has 30 heavy (non-hydrogen) atoms. The molecule has 0 bridgehead atoms. The molecule has 1 N–H and O–H groups in total. The van der Waals surface area contributed by atoms with Crippen LogP contribution in [0.3, 0.4) is 0 Å². The van der Waals surface area contributed by atoms with Crippen LogP contribution >= 0.6 is 0 Å². The van der Waals surface area contributed by atoms with Crippen LogP contribution in [0.5, 0.6) is 0 Å². The minimum Gasteiger partial charge on any atom is -0.285 e. The Hall–Kier alpha value is -3.19. The number of pyridine rings is 2. The summed E-state index contributed by atoms with van der Waals surface area (Å²) in [5, 5.41) is 32.4. The summed E-state index contributed by atoms with van der Waals surface area (Å²) in [5.41, 5.74) is -11.5. The zero-order chi connectivity index (χ0) is 39.4. The zero-order valence-electron chi connectivity index (χ0n) is 33.5. The van der Waals surface area contributed by atoms with E-state index in [0.29, 0.717) is 6.26 Å². The second kappa shape index (κ2) is 9.54. The van der Waals surface area contributed by atoms with Crippen LogP contribution in [-0.4, -0.2) is 34.7 Å². The molecule has 0 aliphatic rings. The molecule has 2 aromatic heterocycles. The fraction of sp³-hybridized carbons (Fsp3) is 0.412. The molecule has 0 saturated heterocycles. The van der Waals surface area contributed by atoms with Crippen LogP contribution in [-0.2, 0) is 20.9 Å². The zero-order valence-corrected chi connectivity index (χ0v) is 15.3. The first-order valence-corrected chi connectivity index (χ1v) is 8.70. The largest absolute Gasteiger partial charge is 0.287 e. The molecule has 0 radical (unpaired) electrons. The molecule has 0 saturated carbocycles. The molecule has 2 heterocycles. The lowest BCUT2D eigenvalue weighted by Gasteiger charge is -2.06. The lowest BCUT2D eigenvalue weighted by molar-refractivity contribution is -0.909. The van der Waals surface area contributed by atoms with Crippen LogP contribution in [0.4, 0.5) is 11.4 Å². The fourth-order valence-corrected chi connectivity index (χ4v) is 1.80. The highest BCUT2D eigenvalue weighted by Crippen LogP contribution is 2.24. The number of rotatable bonds is 5. The van der Waals surface area contributed by atoms with E-state index in [1.165, 1.54) is 0 Å². The third-order valence-electron chi connectivity index (χ3n) is 2.78. The van der Waals surface area contributed by atoms with Gasteiger partial charge in [-0.25, -0.2) is 0 Å². The summed E-state index contributed by atoms with van der Waals surface area (Å²) in [5.74, 6) is 0. The minimum absolute atomic E-state index is 0.437. The van der Waals surface area contributed by atoms with E-state index in [9.17, 15) is 33.9 Å². The van der Waals surface area contributed by atoms with Crippen molar-refractivity contribution in [3.63, 3.8) is 0 Å². The van der Waals surface area contributed by atoms with Crippen LogP contribution in [0.25, 0.3) is 0 Å². The van der Waals surface area contributed by atoms with Crippen LogP contribution in [0.15, 0.2) is 12.3 Å². The van der Waals surface area contributed by atoms with E-state index in [2.05, 4.69) is 9.17 Å². The normalized spacial score (nSPS) is 22.8. The molecule has 0 aliphatic carbocycles. The SMILES string of the molecule is [2H]c1c(C([2H])([2H])[2H])c([N+](=O)[O-])c(C([2H])([2H])[2H])c(C([2H])([2H])[2H])[n+]1O.[2H]c1nc(C([2H])([2H])OS(C)(=O)=O)c(C([2H])([2H])[2H])c([N+](=O)[O-])c1C([2H])([2H])[2H]. The summed E-state index contributed by atoms with van der Waals surface area (Å²) < 4.78 is 166. The maximum Gasteiger partial charge on any atom is 0.287 e. The molecule has 0 spiro atoms. The standard InChI is InChI=1S/C9H12N2O5S.C8H11N2O3/c1-6-4-10-8(5-16-17(3,14)15)7(2)9(6)11(12)13;1-5-4-9(11)7(3)6(2)8(5)10(12)13/h4H,5H2,1-3H3;4,11H,1-3H3/q;+1/i1D3,2D3,4D,5D2;1D3,2D3,3D3,4D. The highest BCUT2D eigenvalue weighted by molar-refractivity contribution is 7.85. The summed E-state index contributed by atoms with van der Waals surface area (Å²) in [6.45, 7) is -20.4. The number of hydrogen-bond donors (Lipinski definition) is 1. The van der Waals surface area contributed by atoms with E-state index in [0.717, 1.165) is 0 Å². The maximum absolute atomic E-state index is 11.4. The Morgan fingerprint density at radius 1 is 1.17 bits per heavy atom. The molecular weight excluding hydrogens is 420 g/mol. The summed E-state index contributed by atoms with van der Waals surface area (Å²) in [6.07, 6.45) is -2.26. The van der Waals surface area contributed by atoms with Crippen molar-refractivity contribution in [1.82, 2.24) is 4.98 Å². The van der Waals surface area contributed by atoms with E-state index in [4.69, 9.17) is 26.0 Å². The Labute approximate surface area is 199 Å². The monoisotopic (exact) mass is 462 g/mol. The summed E-state index contributed by atoms with van der Waals surface area (Å²) in [4.78, 5) is 23.0. The van der Waals surface area contributed by atoms with Crippen molar-refractivity contribution in [3.05, 3.63) is 66.2 Å². The fourth-order valence-electron chi connectivity index (χ4n) is 1.57. The maximum atomic E-state index is 11.4. The molecular formula is C17H23N4O8S+. The smallest absolute Gasteiger partial charge is 0.285 e. The van der Waals surface area contributed by atoms with Crippen molar-refractivity contribution in [3.8, 4) is 0 Å². The van der Waals surface area contributed by atoms with Gasteiger partial charge in [0.15, 0.2) is 0 Å². The third-order valence-corrected chi connectivity index (χ3v) is 3.17. The van der Waals surface area contributed by atoms with Gasteiger partial charge in [0, 0.05) is 43.9 Å². The van der Waals surface area contributed by atoms with E-state index < -0.39 is 123 Å². The van der Waals surface area contributed by atoms with Gasteiger partial charge in [0.05, 0.1) is 42.6 Å². The van der Waals surface area contributed by atoms with E-state index in [-0.39, 0.29) is 0 Å². The van der Waals surface area contributed by atoms with Gasteiger partial charge in [-0.2, -0.15) is 8.42 Å². The quantitative estimate of drug-likeness (QED) is 0.230. The Balaban J connectivity index is 0.000000494. The van der Waals surface area contributed by atoms with Crippen LogP contribution in [0.1, 0.15) is 59.7 Å². The average molecular weight is 463 g/mol.